The molecule has 40 heavy (non-hydrogen) atoms. The van der Waals surface area contributed by atoms with Crippen molar-refractivity contribution in [3.8, 4) is 0 Å². The van der Waals surface area contributed by atoms with Crippen molar-refractivity contribution >= 4 is 0 Å². The minimum absolute atomic E-state index is 0.101. The topological polar surface area (TPSA) is 95.7 Å². The lowest BCUT2D eigenvalue weighted by Crippen LogP contribution is -2.72. The fourth-order valence-electron chi connectivity index (χ4n) is 10.9. The molecule has 0 aromatic heterocycles. The summed E-state index contributed by atoms with van der Waals surface area (Å²) in [4.78, 5) is 2.60. The summed E-state index contributed by atoms with van der Waals surface area (Å²) in [7, 11) is 0. The predicted octanol–water partition coefficient (Wildman–Crippen LogP) is 6.20. The monoisotopic (exact) mass is 562 g/mol. The molecule has 6 N–H and O–H groups in total. The molecular weight excluding hydrogens is 494 g/mol. The molecule has 4 aliphatic carbocycles. The van der Waals surface area contributed by atoms with Crippen LogP contribution in [0.1, 0.15) is 125 Å². The van der Waals surface area contributed by atoms with Gasteiger partial charge in [0.2, 0.25) is 0 Å². The second-order valence-electron chi connectivity index (χ2n) is 16.0. The van der Waals surface area contributed by atoms with Crippen molar-refractivity contribution in [2.45, 2.75) is 143 Å². The Labute approximate surface area is 247 Å². The second kappa shape index (κ2) is 13.2. The lowest BCUT2D eigenvalue weighted by molar-refractivity contribution is -0.251. The van der Waals surface area contributed by atoms with Crippen LogP contribution in [0.15, 0.2) is 0 Å². The van der Waals surface area contributed by atoms with Gasteiger partial charge in [-0.05, 0) is 137 Å². The molecule has 234 valence electrons. The van der Waals surface area contributed by atoms with E-state index in [4.69, 9.17) is 11.5 Å². The molecule has 0 aliphatic heterocycles. The van der Waals surface area contributed by atoms with Crippen molar-refractivity contribution in [3.63, 3.8) is 0 Å². The van der Waals surface area contributed by atoms with Gasteiger partial charge in [0.15, 0.2) is 0 Å². The van der Waals surface area contributed by atoms with Gasteiger partial charge in [-0.2, -0.15) is 0 Å². The van der Waals surface area contributed by atoms with E-state index in [-0.39, 0.29) is 11.5 Å². The molecule has 5 heteroatoms. The Balaban J connectivity index is 1.62. The number of aliphatic hydroxyl groups excluding tert-OH is 1. The Hall–Kier alpha value is -0.200. The maximum absolute atomic E-state index is 12.8. The largest absolute Gasteiger partial charge is 0.393 e. The molecule has 5 nitrogen and oxygen atoms in total. The lowest BCUT2D eigenvalue weighted by Gasteiger charge is -2.67. The Morgan fingerprint density at radius 1 is 0.850 bits per heavy atom. The Kier molecular flexibility index (Phi) is 10.8. The molecule has 0 spiro atoms. The summed E-state index contributed by atoms with van der Waals surface area (Å²) >= 11 is 0. The summed E-state index contributed by atoms with van der Waals surface area (Å²) in [6.07, 6.45) is 14.1. The van der Waals surface area contributed by atoms with E-state index in [2.05, 4.69) is 46.4 Å². The average Bonchev–Trinajstić information content (AvgIpc) is 3.27. The van der Waals surface area contributed by atoms with E-state index in [1.807, 2.05) is 0 Å². The Bertz CT molecular complexity index is 808. The molecule has 0 aromatic rings. The van der Waals surface area contributed by atoms with Crippen LogP contribution < -0.4 is 11.5 Å². The van der Waals surface area contributed by atoms with Crippen molar-refractivity contribution in [1.29, 1.82) is 0 Å². The molecule has 4 rings (SSSR count). The highest BCUT2D eigenvalue weighted by atomic mass is 16.3. The van der Waals surface area contributed by atoms with Crippen LogP contribution in [0, 0.1) is 52.3 Å². The first kappa shape index (κ1) is 32.7. The van der Waals surface area contributed by atoms with Gasteiger partial charge in [0.25, 0.3) is 0 Å². The van der Waals surface area contributed by atoms with Crippen LogP contribution in [-0.4, -0.2) is 59.0 Å². The zero-order valence-corrected chi connectivity index (χ0v) is 27.2. The summed E-state index contributed by atoms with van der Waals surface area (Å²) in [5.41, 5.74) is 11.4. The van der Waals surface area contributed by atoms with Gasteiger partial charge in [-0.1, -0.05) is 54.4 Å². The number of unbranched alkanes of at least 4 members (excludes halogenated alkanes) is 1. The van der Waals surface area contributed by atoms with Crippen molar-refractivity contribution in [3.05, 3.63) is 0 Å². The van der Waals surface area contributed by atoms with Gasteiger partial charge in [0, 0.05) is 17.9 Å². The highest BCUT2D eigenvalue weighted by Gasteiger charge is 2.68. The molecule has 11 atom stereocenters. The van der Waals surface area contributed by atoms with Crippen molar-refractivity contribution in [1.82, 2.24) is 4.90 Å². The summed E-state index contributed by atoms with van der Waals surface area (Å²) in [5.74, 6) is 5.20. The first-order valence-corrected chi connectivity index (χ1v) is 17.5. The number of hydrogen-bond acceptors (Lipinski definition) is 5. The second-order valence-corrected chi connectivity index (χ2v) is 16.0. The third-order valence-electron chi connectivity index (χ3n) is 13.8. The molecule has 0 bridgehead atoms. The minimum atomic E-state index is -0.838. The highest BCUT2D eigenvalue weighted by molar-refractivity contribution is 5.19. The van der Waals surface area contributed by atoms with Gasteiger partial charge in [0.1, 0.15) is 0 Å². The van der Waals surface area contributed by atoms with E-state index in [0.29, 0.717) is 30.2 Å². The fourth-order valence-corrected chi connectivity index (χ4v) is 10.9. The number of aliphatic hydroxyl groups is 2. The fraction of sp³-hybridized carbons (Fsp3) is 1.00. The van der Waals surface area contributed by atoms with Gasteiger partial charge in [-0.15, -0.1) is 0 Å². The average molecular weight is 562 g/mol. The van der Waals surface area contributed by atoms with Gasteiger partial charge >= 0.3 is 0 Å². The molecule has 4 saturated carbocycles. The van der Waals surface area contributed by atoms with Crippen LogP contribution >= 0.6 is 0 Å². The molecule has 3 unspecified atom stereocenters. The third-order valence-corrected chi connectivity index (χ3v) is 13.8. The van der Waals surface area contributed by atoms with Gasteiger partial charge in [0.05, 0.1) is 11.7 Å². The standard InChI is InChI=1S/C35H67N3O2/c1-24(2)25(3)10-11-26(4)29-12-13-30-28-22-32(38(21-9-19-37)20-8-7-18-36)35(40)23-27(39)14-17-34(35,6)31(28)15-16-33(29,30)5/h24-32,39-40H,7-23,36-37H2,1-6H3/t25-,26-,27?,28+,29-,30+,31+,32?,33-,34-,35?/m1/s1. The quantitative estimate of drug-likeness (QED) is 0.201. The van der Waals surface area contributed by atoms with Gasteiger partial charge < -0.3 is 21.7 Å². The number of nitrogens with zero attached hydrogens (tertiary/aromatic N) is 1. The first-order chi connectivity index (χ1) is 18.9. The molecule has 4 fully saturated rings. The van der Waals surface area contributed by atoms with E-state index in [1.54, 1.807) is 0 Å². The Morgan fingerprint density at radius 3 is 2.23 bits per heavy atom. The minimum Gasteiger partial charge on any atom is -0.393 e. The van der Waals surface area contributed by atoms with Crippen LogP contribution in [0.25, 0.3) is 0 Å². The van der Waals surface area contributed by atoms with E-state index in [0.717, 1.165) is 87.7 Å². The normalized spacial score (nSPS) is 42.9. The summed E-state index contributed by atoms with van der Waals surface area (Å²) in [5, 5.41) is 23.7. The summed E-state index contributed by atoms with van der Waals surface area (Å²) in [6, 6.07) is 0.101. The number of hydrogen-bond donors (Lipinski definition) is 4. The zero-order chi connectivity index (χ0) is 29.3. The molecule has 0 aromatic carbocycles. The number of rotatable bonds is 13. The van der Waals surface area contributed by atoms with Crippen LogP contribution in [0.3, 0.4) is 0 Å². The van der Waals surface area contributed by atoms with Crippen LogP contribution in [-0.2, 0) is 0 Å². The predicted molar refractivity (Wildman–Crippen MR) is 168 cm³/mol. The molecule has 0 amide bonds. The van der Waals surface area contributed by atoms with Crippen molar-refractivity contribution in [2.24, 2.45) is 63.7 Å². The van der Waals surface area contributed by atoms with E-state index in [9.17, 15) is 10.2 Å². The third kappa shape index (κ3) is 5.94. The smallest absolute Gasteiger partial charge is 0.0882 e. The van der Waals surface area contributed by atoms with Crippen LogP contribution in [0.4, 0.5) is 0 Å². The maximum atomic E-state index is 12.8. The maximum Gasteiger partial charge on any atom is 0.0882 e. The zero-order valence-electron chi connectivity index (χ0n) is 27.2. The lowest BCUT2D eigenvalue weighted by atomic mass is 9.41. The van der Waals surface area contributed by atoms with E-state index < -0.39 is 11.7 Å². The Morgan fingerprint density at radius 2 is 1.55 bits per heavy atom. The number of fused-ring (bicyclic) bond motifs is 5. The molecule has 0 radical (unpaired) electrons. The highest BCUT2D eigenvalue weighted by Crippen LogP contribution is 2.69. The van der Waals surface area contributed by atoms with Gasteiger partial charge in [-0.25, -0.2) is 0 Å². The summed E-state index contributed by atoms with van der Waals surface area (Å²) < 4.78 is 0. The SMILES string of the molecule is CC(C)[C@H](C)CC[C@@H](C)[C@H]1CC[C@H]2[C@@H]3CC(N(CCCN)CCCCN)C4(O)CC(O)CC[C@]4(C)[C@H]3CC[C@]12C. The van der Waals surface area contributed by atoms with Crippen molar-refractivity contribution in [2.75, 3.05) is 26.2 Å². The van der Waals surface area contributed by atoms with E-state index in [1.165, 1.54) is 38.5 Å². The van der Waals surface area contributed by atoms with Crippen molar-refractivity contribution < 1.29 is 10.2 Å². The van der Waals surface area contributed by atoms with Crippen LogP contribution in [0.5, 0.6) is 0 Å². The number of nitrogens with two attached hydrogens (primary N) is 2. The molecule has 0 heterocycles. The summed E-state index contributed by atoms with van der Waals surface area (Å²) in [6.45, 7) is 18.2. The molecule has 0 saturated heterocycles. The van der Waals surface area contributed by atoms with E-state index >= 15 is 0 Å². The first-order valence-electron chi connectivity index (χ1n) is 17.5. The van der Waals surface area contributed by atoms with Gasteiger partial charge in [-0.3, -0.25) is 4.90 Å². The molecule has 4 aliphatic rings. The van der Waals surface area contributed by atoms with Crippen LogP contribution in [0.2, 0.25) is 0 Å². The molecular formula is C35H67N3O2.